The number of amides is 1. The first-order chi connectivity index (χ1) is 12.8. The van der Waals surface area contributed by atoms with Crippen LogP contribution in [0, 0.1) is 21.7 Å². The van der Waals surface area contributed by atoms with Crippen LogP contribution >= 0.6 is 0 Å². The predicted molar refractivity (Wildman–Crippen MR) is 90.0 cm³/mol. The Morgan fingerprint density at radius 2 is 2.00 bits per heavy atom. The zero-order valence-electron chi connectivity index (χ0n) is 13.9. The number of fused-ring (bicyclic) bond motifs is 1. The SMILES string of the molecule is CC(NC(=O)Cn1c(=O)oc2cc([N+](=O)[O-])ccc21)c1ccc(F)c(F)c1. The Kier molecular flexibility index (Phi) is 4.72. The molecule has 0 fully saturated rings. The number of hydrogen-bond donors (Lipinski definition) is 1. The summed E-state index contributed by atoms with van der Waals surface area (Å²) in [5.41, 5.74) is 0.305. The molecule has 0 spiro atoms. The van der Waals surface area contributed by atoms with E-state index in [1.54, 1.807) is 6.92 Å². The highest BCUT2D eigenvalue weighted by atomic mass is 19.2. The highest BCUT2D eigenvalue weighted by Crippen LogP contribution is 2.20. The molecule has 1 atom stereocenters. The summed E-state index contributed by atoms with van der Waals surface area (Å²) in [6.07, 6.45) is 0. The van der Waals surface area contributed by atoms with Gasteiger partial charge in [0.1, 0.15) is 6.54 Å². The van der Waals surface area contributed by atoms with Crippen molar-refractivity contribution in [1.29, 1.82) is 0 Å². The van der Waals surface area contributed by atoms with Crippen LogP contribution in [0.25, 0.3) is 11.1 Å². The van der Waals surface area contributed by atoms with Crippen LogP contribution in [0.5, 0.6) is 0 Å². The number of carbonyl (C=O) groups excluding carboxylic acids is 1. The third-order valence-corrected chi connectivity index (χ3v) is 3.99. The Morgan fingerprint density at radius 1 is 1.26 bits per heavy atom. The summed E-state index contributed by atoms with van der Waals surface area (Å²) in [6.45, 7) is 1.17. The van der Waals surface area contributed by atoms with E-state index >= 15 is 0 Å². The summed E-state index contributed by atoms with van der Waals surface area (Å²) in [6, 6.07) is 6.21. The summed E-state index contributed by atoms with van der Waals surface area (Å²) < 4.78 is 32.3. The Balaban J connectivity index is 1.79. The van der Waals surface area contributed by atoms with Crippen LogP contribution in [-0.4, -0.2) is 15.4 Å². The van der Waals surface area contributed by atoms with Gasteiger partial charge in [0, 0.05) is 6.07 Å². The van der Waals surface area contributed by atoms with Gasteiger partial charge in [0.15, 0.2) is 17.2 Å². The summed E-state index contributed by atoms with van der Waals surface area (Å²) in [5.74, 6) is -3.45. The minimum absolute atomic E-state index is 0.0179. The molecule has 2 aromatic carbocycles. The van der Waals surface area contributed by atoms with Crippen LogP contribution in [0.15, 0.2) is 45.6 Å². The van der Waals surface area contributed by atoms with E-state index in [1.807, 2.05) is 0 Å². The van der Waals surface area contributed by atoms with Gasteiger partial charge in [-0.05, 0) is 30.7 Å². The molecule has 1 amide bonds. The molecule has 27 heavy (non-hydrogen) atoms. The van der Waals surface area contributed by atoms with Crippen molar-refractivity contribution in [1.82, 2.24) is 9.88 Å². The van der Waals surface area contributed by atoms with Gasteiger partial charge in [-0.3, -0.25) is 19.5 Å². The molecule has 0 bridgehead atoms. The van der Waals surface area contributed by atoms with Gasteiger partial charge in [-0.1, -0.05) is 6.07 Å². The Bertz CT molecular complexity index is 1110. The molecule has 1 aromatic heterocycles. The third-order valence-electron chi connectivity index (χ3n) is 3.99. The minimum atomic E-state index is -1.03. The van der Waals surface area contributed by atoms with E-state index in [4.69, 9.17) is 4.42 Å². The zero-order chi connectivity index (χ0) is 19.7. The molecule has 3 rings (SSSR count). The van der Waals surface area contributed by atoms with Crippen molar-refractivity contribution in [3.05, 3.63) is 74.3 Å². The first kappa shape index (κ1) is 18.2. The molecule has 1 N–H and O–H groups in total. The van der Waals surface area contributed by atoms with E-state index < -0.39 is 40.8 Å². The molecule has 0 aliphatic heterocycles. The number of hydrogen-bond acceptors (Lipinski definition) is 5. The average molecular weight is 377 g/mol. The van der Waals surface area contributed by atoms with Crippen molar-refractivity contribution < 1.29 is 22.9 Å². The quantitative estimate of drug-likeness (QED) is 0.543. The molecule has 0 aliphatic rings. The Morgan fingerprint density at radius 3 is 2.67 bits per heavy atom. The predicted octanol–water partition coefficient (Wildman–Crippen LogP) is 2.66. The number of oxazole rings is 1. The van der Waals surface area contributed by atoms with Gasteiger partial charge in [0.25, 0.3) is 5.69 Å². The molecule has 1 heterocycles. The topological polar surface area (TPSA) is 107 Å². The second-order valence-electron chi connectivity index (χ2n) is 5.83. The monoisotopic (exact) mass is 377 g/mol. The molecule has 8 nitrogen and oxygen atoms in total. The van der Waals surface area contributed by atoms with Gasteiger partial charge in [-0.25, -0.2) is 13.6 Å². The molecule has 1 unspecified atom stereocenters. The van der Waals surface area contributed by atoms with E-state index in [1.165, 1.54) is 18.2 Å². The van der Waals surface area contributed by atoms with Gasteiger partial charge in [-0.15, -0.1) is 0 Å². The Labute approximate surface area is 150 Å². The van der Waals surface area contributed by atoms with Gasteiger partial charge >= 0.3 is 5.76 Å². The standard InChI is InChI=1S/C17H13F2N3O5/c1-9(10-2-4-12(18)13(19)6-10)20-16(23)8-21-14-5-3-11(22(25)26)7-15(14)27-17(21)24/h2-7,9H,8H2,1H3,(H,20,23). The number of nitro groups is 1. The van der Waals surface area contributed by atoms with Crippen LogP contribution in [-0.2, 0) is 11.3 Å². The number of rotatable bonds is 5. The van der Waals surface area contributed by atoms with E-state index in [0.717, 1.165) is 22.8 Å². The smallest absolute Gasteiger partial charge is 0.407 e. The van der Waals surface area contributed by atoms with Crippen molar-refractivity contribution >= 4 is 22.7 Å². The summed E-state index contributed by atoms with van der Waals surface area (Å²) in [7, 11) is 0. The summed E-state index contributed by atoms with van der Waals surface area (Å²) in [4.78, 5) is 34.3. The molecule has 0 aliphatic carbocycles. The van der Waals surface area contributed by atoms with E-state index in [9.17, 15) is 28.5 Å². The fourth-order valence-electron chi connectivity index (χ4n) is 2.61. The second kappa shape index (κ2) is 6.98. The van der Waals surface area contributed by atoms with Crippen molar-refractivity contribution in [3.8, 4) is 0 Å². The molecule has 0 radical (unpaired) electrons. The van der Waals surface area contributed by atoms with E-state index in [-0.39, 0.29) is 16.8 Å². The van der Waals surface area contributed by atoms with Crippen LogP contribution in [0.1, 0.15) is 18.5 Å². The van der Waals surface area contributed by atoms with Crippen molar-refractivity contribution in [3.63, 3.8) is 0 Å². The lowest BCUT2D eigenvalue weighted by molar-refractivity contribution is -0.384. The normalized spacial score (nSPS) is 12.1. The molecule has 140 valence electrons. The number of nitrogens with zero attached hydrogens (tertiary/aromatic N) is 2. The van der Waals surface area contributed by atoms with Crippen LogP contribution < -0.4 is 11.1 Å². The van der Waals surface area contributed by atoms with E-state index in [2.05, 4.69) is 5.32 Å². The van der Waals surface area contributed by atoms with Gasteiger partial charge in [0.05, 0.1) is 22.5 Å². The maximum Gasteiger partial charge on any atom is 0.420 e. The largest absolute Gasteiger partial charge is 0.420 e. The van der Waals surface area contributed by atoms with E-state index in [0.29, 0.717) is 5.56 Å². The summed E-state index contributed by atoms with van der Waals surface area (Å²) in [5, 5.41) is 13.3. The number of nitrogens with one attached hydrogen (secondary N) is 1. The molecular formula is C17H13F2N3O5. The zero-order valence-corrected chi connectivity index (χ0v) is 13.9. The lowest BCUT2D eigenvalue weighted by Crippen LogP contribution is -2.32. The maximum atomic E-state index is 13.3. The lowest BCUT2D eigenvalue weighted by Gasteiger charge is -2.14. The second-order valence-corrected chi connectivity index (χ2v) is 5.83. The number of benzene rings is 2. The number of aromatic nitrogens is 1. The number of nitro benzene ring substituents is 1. The highest BCUT2D eigenvalue weighted by Gasteiger charge is 2.18. The van der Waals surface area contributed by atoms with Crippen LogP contribution in [0.4, 0.5) is 14.5 Å². The molecular weight excluding hydrogens is 364 g/mol. The van der Waals surface area contributed by atoms with Gasteiger partial charge in [0.2, 0.25) is 5.91 Å². The van der Waals surface area contributed by atoms with Gasteiger partial charge in [-0.2, -0.15) is 0 Å². The van der Waals surface area contributed by atoms with Gasteiger partial charge < -0.3 is 9.73 Å². The molecule has 3 aromatic rings. The fourth-order valence-corrected chi connectivity index (χ4v) is 2.61. The first-order valence-corrected chi connectivity index (χ1v) is 7.78. The van der Waals surface area contributed by atoms with Crippen LogP contribution in [0.3, 0.4) is 0 Å². The maximum absolute atomic E-state index is 13.3. The lowest BCUT2D eigenvalue weighted by atomic mass is 10.1. The van der Waals surface area contributed by atoms with Crippen molar-refractivity contribution in [2.24, 2.45) is 0 Å². The number of non-ortho nitro benzene ring substituents is 1. The van der Waals surface area contributed by atoms with Crippen molar-refractivity contribution in [2.75, 3.05) is 0 Å². The first-order valence-electron chi connectivity index (χ1n) is 7.78. The highest BCUT2D eigenvalue weighted by molar-refractivity contribution is 5.80. The average Bonchev–Trinajstić information content (AvgIpc) is 2.91. The summed E-state index contributed by atoms with van der Waals surface area (Å²) >= 11 is 0. The van der Waals surface area contributed by atoms with Crippen LogP contribution in [0.2, 0.25) is 0 Å². The molecule has 10 heteroatoms. The third kappa shape index (κ3) is 3.68. The number of halogens is 2. The molecule has 0 saturated carbocycles. The molecule has 0 saturated heterocycles. The minimum Gasteiger partial charge on any atom is -0.407 e. The number of carbonyl (C=O) groups is 1. The fraction of sp³-hybridized carbons (Fsp3) is 0.176. The Hall–Kier alpha value is -3.56. The van der Waals surface area contributed by atoms with Crippen molar-refractivity contribution in [2.45, 2.75) is 19.5 Å².